The molecule has 0 bridgehead atoms. The van der Waals surface area contributed by atoms with E-state index in [1.54, 1.807) is 0 Å². The van der Waals surface area contributed by atoms with Crippen LogP contribution < -0.4 is 0 Å². The molecule has 96 valence electrons. The van der Waals surface area contributed by atoms with Gasteiger partial charge in [0.2, 0.25) is 0 Å². The van der Waals surface area contributed by atoms with E-state index >= 15 is 0 Å². The third kappa shape index (κ3) is 5.30. The second-order valence-corrected chi connectivity index (χ2v) is 12.3. The van der Waals surface area contributed by atoms with Crippen LogP contribution in [0, 0.1) is 5.92 Å². The van der Waals surface area contributed by atoms with Crippen LogP contribution in [0.1, 0.15) is 34.1 Å². The molecule has 4 heteroatoms. The molecule has 0 N–H and O–H groups in total. The normalized spacial score (nSPS) is 17.1. The Morgan fingerprint density at radius 2 is 1.94 bits per heavy atom. The monoisotopic (exact) mass is 260 g/mol. The van der Waals surface area contributed by atoms with Crippen LogP contribution in [-0.2, 0) is 14.8 Å². The molecular formula is C12H26NOSSi-. The van der Waals surface area contributed by atoms with Crippen molar-refractivity contribution < 1.29 is 4.21 Å². The maximum absolute atomic E-state index is 11.9. The van der Waals surface area contributed by atoms with Crippen LogP contribution in [0.25, 0.3) is 0 Å². The lowest BCUT2D eigenvalue weighted by atomic mass is 10.1. The molecule has 0 saturated carbocycles. The standard InChI is InChI=1S/C12H26NOSSi/c1-8-9-11(2)10-15(14)13-16(6,7)12(3,4)5/h8,11H,1,9-10H2,2-7H3/q-1/t11-/m0/s1. The molecule has 0 spiro atoms. The number of hydrogen-bond acceptors (Lipinski definition) is 3. The highest BCUT2D eigenvalue weighted by atomic mass is 32.2. The van der Waals surface area contributed by atoms with Gasteiger partial charge in [0.05, 0.1) is 0 Å². The summed E-state index contributed by atoms with van der Waals surface area (Å²) in [7, 11) is -2.79. The van der Waals surface area contributed by atoms with Crippen LogP contribution >= 0.6 is 0 Å². The van der Waals surface area contributed by atoms with Crippen LogP contribution in [-0.4, -0.2) is 14.0 Å². The van der Waals surface area contributed by atoms with E-state index < -0.39 is 18.8 Å². The molecular weight excluding hydrogens is 234 g/mol. The highest BCUT2D eigenvalue weighted by molar-refractivity contribution is 7.75. The molecule has 0 rings (SSSR count). The van der Waals surface area contributed by atoms with Gasteiger partial charge in [-0.15, -0.1) is 6.58 Å². The zero-order valence-corrected chi connectivity index (χ0v) is 13.4. The highest BCUT2D eigenvalue weighted by Crippen LogP contribution is 2.36. The van der Waals surface area contributed by atoms with E-state index in [4.69, 9.17) is 0 Å². The quantitative estimate of drug-likeness (QED) is 0.410. The lowest BCUT2D eigenvalue weighted by Gasteiger charge is -2.35. The first-order chi connectivity index (χ1) is 7.10. The summed E-state index contributed by atoms with van der Waals surface area (Å²) in [5.41, 5.74) is 0. The average Bonchev–Trinajstić information content (AvgIpc) is 1.99. The molecule has 0 aromatic rings. The fourth-order valence-electron chi connectivity index (χ4n) is 1.02. The van der Waals surface area contributed by atoms with Crippen molar-refractivity contribution in [3.63, 3.8) is 0 Å². The van der Waals surface area contributed by atoms with Crippen molar-refractivity contribution in [1.82, 2.24) is 0 Å². The van der Waals surface area contributed by atoms with E-state index in [9.17, 15) is 4.21 Å². The fraction of sp³-hybridized carbons (Fsp3) is 0.833. The van der Waals surface area contributed by atoms with Crippen LogP contribution in [0.3, 0.4) is 0 Å². The molecule has 0 unspecified atom stereocenters. The molecule has 0 heterocycles. The zero-order valence-electron chi connectivity index (χ0n) is 11.5. The van der Waals surface area contributed by atoms with Gasteiger partial charge in [0.1, 0.15) is 8.24 Å². The minimum Gasteiger partial charge on any atom is -0.445 e. The molecule has 0 amide bonds. The molecule has 2 nitrogen and oxygen atoms in total. The maximum atomic E-state index is 11.9. The Balaban J connectivity index is 4.66. The van der Waals surface area contributed by atoms with E-state index in [1.165, 1.54) is 0 Å². The molecule has 0 aliphatic rings. The Morgan fingerprint density at radius 1 is 1.44 bits per heavy atom. The van der Waals surface area contributed by atoms with E-state index in [0.29, 0.717) is 11.7 Å². The lowest BCUT2D eigenvalue weighted by molar-refractivity contribution is 0.587. The number of rotatable bonds is 5. The smallest absolute Gasteiger partial charge is 0.149 e. The van der Waals surface area contributed by atoms with E-state index in [0.717, 1.165) is 6.42 Å². The average molecular weight is 260 g/mol. The van der Waals surface area contributed by atoms with Gasteiger partial charge in [-0.05, 0) is 11.5 Å². The molecule has 1 atom stereocenters. The number of nitrogens with zero attached hydrogens (tertiary/aromatic N) is 1. The third-order valence-electron chi connectivity index (χ3n) is 3.16. The van der Waals surface area contributed by atoms with Gasteiger partial charge < -0.3 is 8.24 Å². The SMILES string of the molecule is C=CC[C@H](C)C[S-](=O)=N[Si](C)(C)C(C)(C)C. The summed E-state index contributed by atoms with van der Waals surface area (Å²) in [5.74, 6) is 1.07. The van der Waals surface area contributed by atoms with Crippen molar-refractivity contribution in [2.24, 2.45) is 9.95 Å². The second-order valence-electron chi connectivity index (χ2n) is 6.02. The minimum atomic E-state index is -1.76. The van der Waals surface area contributed by atoms with Crippen molar-refractivity contribution in [2.45, 2.75) is 52.2 Å². The number of hydrogen-bond donors (Lipinski definition) is 0. The van der Waals surface area contributed by atoms with E-state index in [-0.39, 0.29) is 5.04 Å². The fourth-order valence-corrected chi connectivity index (χ4v) is 5.08. The lowest BCUT2D eigenvalue weighted by Crippen LogP contribution is -2.35. The van der Waals surface area contributed by atoms with Gasteiger partial charge in [0.15, 0.2) is 0 Å². The molecule has 16 heavy (non-hydrogen) atoms. The number of allylic oxidation sites excluding steroid dienone is 1. The Labute approximate surface area is 104 Å². The van der Waals surface area contributed by atoms with Crippen molar-refractivity contribution >= 4 is 18.8 Å². The molecule has 0 fully saturated rings. The van der Waals surface area contributed by atoms with Crippen molar-refractivity contribution in [1.29, 1.82) is 0 Å². The Kier molecular flexibility index (Phi) is 5.97. The van der Waals surface area contributed by atoms with Crippen LogP contribution in [0.4, 0.5) is 0 Å². The van der Waals surface area contributed by atoms with Crippen LogP contribution in [0.5, 0.6) is 0 Å². The summed E-state index contributed by atoms with van der Waals surface area (Å²) in [6, 6.07) is 0. The largest absolute Gasteiger partial charge is 0.445 e. The summed E-state index contributed by atoms with van der Waals surface area (Å²) >= 11 is 0. The Hall–Kier alpha value is -0.0931. The van der Waals surface area contributed by atoms with Gasteiger partial charge in [-0.1, -0.05) is 58.5 Å². The van der Waals surface area contributed by atoms with E-state index in [2.05, 4.69) is 51.4 Å². The zero-order chi connectivity index (χ0) is 13.0. The Morgan fingerprint density at radius 3 is 2.31 bits per heavy atom. The molecule has 0 saturated heterocycles. The van der Waals surface area contributed by atoms with Gasteiger partial charge in [-0.3, -0.25) is 0 Å². The molecule has 0 aromatic heterocycles. The summed E-state index contributed by atoms with van der Waals surface area (Å²) in [6.45, 7) is 16.7. The maximum Gasteiger partial charge on any atom is 0.149 e. The summed E-state index contributed by atoms with van der Waals surface area (Å²) in [4.78, 5) is 0. The molecule has 0 radical (unpaired) electrons. The topological polar surface area (TPSA) is 29.4 Å². The van der Waals surface area contributed by atoms with Gasteiger partial charge in [-0.2, -0.15) is 10.6 Å². The molecule has 0 aromatic carbocycles. The van der Waals surface area contributed by atoms with Crippen LogP contribution in [0.2, 0.25) is 18.1 Å². The van der Waals surface area contributed by atoms with Crippen molar-refractivity contribution in [3.05, 3.63) is 12.7 Å². The summed E-state index contributed by atoms with van der Waals surface area (Å²) in [5, 5.41) is 0.171. The predicted octanol–water partition coefficient (Wildman–Crippen LogP) is 4.35. The van der Waals surface area contributed by atoms with Gasteiger partial charge in [0.25, 0.3) is 0 Å². The summed E-state index contributed by atoms with van der Waals surface area (Å²) in [6.07, 6.45) is 2.80. The molecule has 0 aliphatic carbocycles. The second kappa shape index (κ2) is 6.01. The van der Waals surface area contributed by atoms with Crippen molar-refractivity contribution in [2.75, 3.05) is 5.75 Å². The summed E-state index contributed by atoms with van der Waals surface area (Å²) < 4.78 is 16.5. The van der Waals surface area contributed by atoms with Crippen LogP contribution in [0.15, 0.2) is 16.7 Å². The Bertz CT molecular complexity index is 311. The first kappa shape index (κ1) is 15.9. The van der Waals surface area contributed by atoms with Gasteiger partial charge in [-0.25, -0.2) is 0 Å². The third-order valence-corrected chi connectivity index (χ3v) is 10.3. The van der Waals surface area contributed by atoms with E-state index in [1.807, 2.05) is 6.08 Å². The van der Waals surface area contributed by atoms with Gasteiger partial charge >= 0.3 is 0 Å². The first-order valence-electron chi connectivity index (χ1n) is 5.82. The minimum absolute atomic E-state index is 0.171. The highest BCUT2D eigenvalue weighted by Gasteiger charge is 2.32. The predicted molar refractivity (Wildman–Crippen MR) is 76.5 cm³/mol. The van der Waals surface area contributed by atoms with Crippen molar-refractivity contribution in [3.8, 4) is 0 Å². The molecule has 0 aliphatic heterocycles. The van der Waals surface area contributed by atoms with Gasteiger partial charge in [0, 0.05) is 0 Å². The first-order valence-corrected chi connectivity index (χ1v) is 10.0.